The quantitative estimate of drug-likeness (QED) is 0.620. The van der Waals surface area contributed by atoms with E-state index in [1.165, 1.54) is 0 Å². The zero-order valence-corrected chi connectivity index (χ0v) is 12.4. The Labute approximate surface area is 131 Å². The lowest BCUT2D eigenvalue weighted by atomic mass is 10.3. The standard InChI is InChI=1S/2C6H6O.C6H6.ClH/c2*7-6-4-2-1-3-5-6;1-2-4-6-5-3-1;/h2*1-5,7H;1-6H;1H. The molecule has 3 aromatic carbocycles. The lowest BCUT2D eigenvalue weighted by molar-refractivity contribution is 0.475. The Kier molecular flexibility index (Phi) is 11.1. The molecule has 0 amide bonds. The largest absolute Gasteiger partial charge is 0.508 e. The van der Waals surface area contributed by atoms with E-state index in [9.17, 15) is 0 Å². The van der Waals surface area contributed by atoms with Gasteiger partial charge in [0.25, 0.3) is 0 Å². The average Bonchev–Trinajstić information content (AvgIpc) is 2.52. The van der Waals surface area contributed by atoms with Crippen molar-refractivity contribution in [3.63, 3.8) is 0 Å². The topological polar surface area (TPSA) is 40.5 Å². The zero-order chi connectivity index (χ0) is 14.5. The van der Waals surface area contributed by atoms with E-state index < -0.39 is 0 Å². The lowest BCUT2D eigenvalue weighted by Gasteiger charge is -1.82. The third-order valence-electron chi connectivity index (χ3n) is 2.18. The third kappa shape index (κ3) is 11.1. The van der Waals surface area contributed by atoms with Crippen LogP contribution in [0.15, 0.2) is 97.1 Å². The highest BCUT2D eigenvalue weighted by atomic mass is 35.5. The first-order chi connectivity index (χ1) is 9.79. The second-order valence-electron chi connectivity index (χ2n) is 3.83. The van der Waals surface area contributed by atoms with Crippen LogP contribution in [0.25, 0.3) is 0 Å². The molecular formula is C18H19ClO2. The van der Waals surface area contributed by atoms with Crippen molar-refractivity contribution >= 4 is 12.4 Å². The number of halogens is 1. The van der Waals surface area contributed by atoms with Crippen molar-refractivity contribution < 1.29 is 10.2 Å². The molecule has 0 spiro atoms. The number of rotatable bonds is 0. The van der Waals surface area contributed by atoms with Gasteiger partial charge in [-0.2, -0.15) is 0 Å². The molecule has 0 bridgehead atoms. The van der Waals surface area contributed by atoms with Gasteiger partial charge in [0.1, 0.15) is 11.5 Å². The second kappa shape index (κ2) is 12.6. The molecule has 0 aromatic heterocycles. The average molecular weight is 303 g/mol. The fourth-order valence-corrected chi connectivity index (χ4v) is 1.24. The van der Waals surface area contributed by atoms with Crippen LogP contribution in [0.3, 0.4) is 0 Å². The van der Waals surface area contributed by atoms with Crippen LogP contribution in [0.2, 0.25) is 0 Å². The van der Waals surface area contributed by atoms with Gasteiger partial charge < -0.3 is 10.2 Å². The van der Waals surface area contributed by atoms with Crippen LogP contribution in [0.5, 0.6) is 11.5 Å². The number of aromatic hydroxyl groups is 2. The van der Waals surface area contributed by atoms with Crippen LogP contribution in [0.1, 0.15) is 0 Å². The molecule has 3 aromatic rings. The molecule has 0 saturated carbocycles. The van der Waals surface area contributed by atoms with E-state index >= 15 is 0 Å². The smallest absolute Gasteiger partial charge is 0.115 e. The highest BCUT2D eigenvalue weighted by Crippen LogP contribution is 2.03. The molecule has 0 atom stereocenters. The van der Waals surface area contributed by atoms with Crippen LogP contribution in [0.4, 0.5) is 0 Å². The number of benzene rings is 3. The van der Waals surface area contributed by atoms with Gasteiger partial charge in [-0.3, -0.25) is 0 Å². The highest BCUT2D eigenvalue weighted by molar-refractivity contribution is 5.85. The van der Waals surface area contributed by atoms with Gasteiger partial charge in [0.15, 0.2) is 0 Å². The van der Waals surface area contributed by atoms with Crippen molar-refractivity contribution in [3.8, 4) is 11.5 Å². The molecule has 0 fully saturated rings. The van der Waals surface area contributed by atoms with Crippen LogP contribution in [0, 0.1) is 0 Å². The Hall–Kier alpha value is -2.45. The first-order valence-corrected chi connectivity index (χ1v) is 6.27. The van der Waals surface area contributed by atoms with Gasteiger partial charge in [0, 0.05) is 0 Å². The predicted octanol–water partition coefficient (Wildman–Crippen LogP) is 4.89. The Morgan fingerprint density at radius 3 is 0.714 bits per heavy atom. The summed E-state index contributed by atoms with van der Waals surface area (Å²) in [5, 5.41) is 17.3. The summed E-state index contributed by atoms with van der Waals surface area (Å²) in [7, 11) is 0. The summed E-state index contributed by atoms with van der Waals surface area (Å²) in [4.78, 5) is 0. The van der Waals surface area contributed by atoms with Crippen molar-refractivity contribution in [3.05, 3.63) is 97.1 Å². The van der Waals surface area contributed by atoms with E-state index in [1.54, 1.807) is 48.5 Å². The molecule has 2 N–H and O–H groups in total. The summed E-state index contributed by atoms with van der Waals surface area (Å²) in [6, 6.07) is 29.4. The minimum atomic E-state index is 0. The van der Waals surface area contributed by atoms with E-state index in [0.29, 0.717) is 11.5 Å². The summed E-state index contributed by atoms with van der Waals surface area (Å²) in [5.41, 5.74) is 0. The van der Waals surface area contributed by atoms with Crippen molar-refractivity contribution in [1.29, 1.82) is 0 Å². The molecule has 2 nitrogen and oxygen atoms in total. The summed E-state index contributed by atoms with van der Waals surface area (Å²) >= 11 is 0. The maximum Gasteiger partial charge on any atom is 0.115 e. The van der Waals surface area contributed by atoms with Crippen molar-refractivity contribution in [2.75, 3.05) is 0 Å². The molecule has 3 rings (SSSR count). The number of phenols is 2. The monoisotopic (exact) mass is 302 g/mol. The van der Waals surface area contributed by atoms with Gasteiger partial charge in [-0.15, -0.1) is 12.4 Å². The molecule has 0 aliphatic rings. The summed E-state index contributed by atoms with van der Waals surface area (Å²) in [6.07, 6.45) is 0. The molecule has 3 heteroatoms. The van der Waals surface area contributed by atoms with Gasteiger partial charge >= 0.3 is 0 Å². The van der Waals surface area contributed by atoms with E-state index in [2.05, 4.69) is 0 Å². The van der Waals surface area contributed by atoms with Crippen LogP contribution in [-0.4, -0.2) is 10.2 Å². The number of para-hydroxylation sites is 2. The summed E-state index contributed by atoms with van der Waals surface area (Å²) in [6.45, 7) is 0. The molecule has 0 aliphatic carbocycles. The maximum absolute atomic E-state index is 8.63. The van der Waals surface area contributed by atoms with E-state index in [-0.39, 0.29) is 12.4 Å². The van der Waals surface area contributed by atoms with Gasteiger partial charge in [-0.25, -0.2) is 0 Å². The predicted molar refractivity (Wildman–Crippen MR) is 89.9 cm³/mol. The fourth-order valence-electron chi connectivity index (χ4n) is 1.24. The van der Waals surface area contributed by atoms with Gasteiger partial charge in [-0.05, 0) is 24.3 Å². The van der Waals surface area contributed by atoms with Crippen molar-refractivity contribution in [2.45, 2.75) is 0 Å². The fraction of sp³-hybridized carbons (Fsp3) is 0. The zero-order valence-electron chi connectivity index (χ0n) is 11.5. The second-order valence-corrected chi connectivity index (χ2v) is 3.83. The minimum absolute atomic E-state index is 0. The Morgan fingerprint density at radius 2 is 0.571 bits per heavy atom. The van der Waals surface area contributed by atoms with Crippen LogP contribution < -0.4 is 0 Å². The molecule has 110 valence electrons. The van der Waals surface area contributed by atoms with E-state index in [0.717, 1.165) is 0 Å². The molecule has 0 unspecified atom stereocenters. The van der Waals surface area contributed by atoms with Gasteiger partial charge in [0.05, 0.1) is 0 Å². The summed E-state index contributed by atoms with van der Waals surface area (Å²) < 4.78 is 0. The molecule has 0 heterocycles. The maximum atomic E-state index is 8.63. The minimum Gasteiger partial charge on any atom is -0.508 e. The van der Waals surface area contributed by atoms with Gasteiger partial charge in [0.2, 0.25) is 0 Å². The molecule has 0 saturated heterocycles. The van der Waals surface area contributed by atoms with Crippen molar-refractivity contribution in [2.24, 2.45) is 0 Å². The van der Waals surface area contributed by atoms with Gasteiger partial charge in [-0.1, -0.05) is 72.8 Å². The Balaban J connectivity index is 0.000000280. The summed E-state index contributed by atoms with van der Waals surface area (Å²) in [5.74, 6) is 0.644. The highest BCUT2D eigenvalue weighted by Gasteiger charge is 1.75. The lowest BCUT2D eigenvalue weighted by Crippen LogP contribution is -1.56. The normalized spacial score (nSPS) is 8.00. The molecule has 21 heavy (non-hydrogen) atoms. The van der Waals surface area contributed by atoms with Crippen LogP contribution >= 0.6 is 12.4 Å². The van der Waals surface area contributed by atoms with Crippen LogP contribution in [-0.2, 0) is 0 Å². The number of hydrogen-bond donors (Lipinski definition) is 2. The van der Waals surface area contributed by atoms with Crippen molar-refractivity contribution in [1.82, 2.24) is 0 Å². The first-order valence-electron chi connectivity index (χ1n) is 6.27. The Bertz CT molecular complexity index is 478. The van der Waals surface area contributed by atoms with E-state index in [4.69, 9.17) is 10.2 Å². The van der Waals surface area contributed by atoms with E-state index in [1.807, 2.05) is 48.5 Å². The Morgan fingerprint density at radius 1 is 0.381 bits per heavy atom. The third-order valence-corrected chi connectivity index (χ3v) is 2.18. The number of phenolic OH excluding ortho intramolecular Hbond substituents is 2. The molecular weight excluding hydrogens is 284 g/mol. The molecule has 0 aliphatic heterocycles. The molecule has 0 radical (unpaired) electrons. The number of hydrogen-bond acceptors (Lipinski definition) is 2. The first kappa shape index (κ1) is 18.6. The SMILES string of the molecule is Cl.Oc1ccccc1.Oc1ccccc1.c1ccccc1.